The molecule has 0 aliphatic heterocycles. The van der Waals surface area contributed by atoms with Crippen molar-refractivity contribution >= 4 is 11.6 Å². The SMILES string of the molecule is C=C1CC(O)=CC=C1Cl. The molecule has 0 atom stereocenters. The highest BCUT2D eigenvalue weighted by molar-refractivity contribution is 6.32. The molecule has 48 valence electrons. The van der Waals surface area contributed by atoms with Crippen molar-refractivity contribution in [1.29, 1.82) is 0 Å². The van der Waals surface area contributed by atoms with Gasteiger partial charge in [-0.05, 0) is 17.7 Å². The Morgan fingerprint density at radius 1 is 1.56 bits per heavy atom. The standard InChI is InChI=1S/C7H7ClO/c1-5-4-6(9)2-3-7(5)8/h2-3,9H,1,4H2. The zero-order valence-electron chi connectivity index (χ0n) is 4.89. The fraction of sp³-hybridized carbons (Fsp3) is 0.143. The van der Waals surface area contributed by atoms with Gasteiger partial charge in [-0.25, -0.2) is 0 Å². The quantitative estimate of drug-likeness (QED) is 0.551. The van der Waals surface area contributed by atoms with Crippen molar-refractivity contribution in [3.05, 3.63) is 35.1 Å². The van der Waals surface area contributed by atoms with Crippen molar-refractivity contribution in [2.75, 3.05) is 0 Å². The maximum Gasteiger partial charge on any atom is 0.0967 e. The van der Waals surface area contributed by atoms with E-state index in [1.165, 1.54) is 0 Å². The van der Waals surface area contributed by atoms with Gasteiger partial charge in [0.05, 0.1) is 5.76 Å². The molecule has 1 aliphatic carbocycles. The summed E-state index contributed by atoms with van der Waals surface area (Å²) in [4.78, 5) is 0. The van der Waals surface area contributed by atoms with E-state index in [2.05, 4.69) is 6.58 Å². The first kappa shape index (κ1) is 6.43. The first-order valence-electron chi connectivity index (χ1n) is 2.63. The summed E-state index contributed by atoms with van der Waals surface area (Å²) in [5.74, 6) is 0.324. The van der Waals surface area contributed by atoms with Crippen LogP contribution in [-0.2, 0) is 0 Å². The van der Waals surface area contributed by atoms with Crippen LogP contribution in [0.1, 0.15) is 6.42 Å². The molecule has 0 spiro atoms. The third-order valence-electron chi connectivity index (χ3n) is 1.15. The lowest BCUT2D eigenvalue weighted by Gasteiger charge is -2.06. The number of allylic oxidation sites excluding steroid dienone is 4. The summed E-state index contributed by atoms with van der Waals surface area (Å²) in [6.07, 6.45) is 3.70. The zero-order valence-corrected chi connectivity index (χ0v) is 5.65. The van der Waals surface area contributed by atoms with Crippen LogP contribution in [0.15, 0.2) is 35.1 Å². The van der Waals surface area contributed by atoms with Gasteiger partial charge in [0.2, 0.25) is 0 Å². The van der Waals surface area contributed by atoms with Gasteiger partial charge in [-0.15, -0.1) is 0 Å². The highest BCUT2D eigenvalue weighted by Gasteiger charge is 2.05. The summed E-state index contributed by atoms with van der Waals surface area (Å²) in [5.41, 5.74) is 0.775. The van der Waals surface area contributed by atoms with E-state index in [4.69, 9.17) is 16.7 Å². The van der Waals surface area contributed by atoms with Crippen LogP contribution in [0.25, 0.3) is 0 Å². The minimum Gasteiger partial charge on any atom is -0.512 e. The molecule has 0 fully saturated rings. The molecule has 0 aromatic rings. The largest absolute Gasteiger partial charge is 0.512 e. The lowest BCUT2D eigenvalue weighted by atomic mass is 10.1. The second kappa shape index (κ2) is 2.28. The second-order valence-corrected chi connectivity index (χ2v) is 2.36. The molecule has 0 radical (unpaired) electrons. The highest BCUT2D eigenvalue weighted by Crippen LogP contribution is 2.23. The topological polar surface area (TPSA) is 20.2 Å². The summed E-state index contributed by atoms with van der Waals surface area (Å²) in [7, 11) is 0. The van der Waals surface area contributed by atoms with Gasteiger partial charge in [0.1, 0.15) is 0 Å². The predicted octanol–water partition coefficient (Wildman–Crippen LogP) is 2.51. The van der Waals surface area contributed by atoms with Crippen LogP contribution in [0, 0.1) is 0 Å². The van der Waals surface area contributed by atoms with Gasteiger partial charge in [0, 0.05) is 11.5 Å². The normalized spacial score (nSPS) is 19.0. The first-order chi connectivity index (χ1) is 4.20. The third-order valence-corrected chi connectivity index (χ3v) is 1.55. The number of aliphatic hydroxyl groups excluding tert-OH is 1. The Labute approximate surface area is 59.0 Å². The maximum atomic E-state index is 8.89. The van der Waals surface area contributed by atoms with Crippen molar-refractivity contribution < 1.29 is 5.11 Å². The number of hydrogen-bond acceptors (Lipinski definition) is 1. The van der Waals surface area contributed by atoms with Gasteiger partial charge in [0.25, 0.3) is 0 Å². The van der Waals surface area contributed by atoms with Gasteiger partial charge < -0.3 is 5.11 Å². The summed E-state index contributed by atoms with van der Waals surface area (Å²) in [5, 5.41) is 9.53. The van der Waals surface area contributed by atoms with Crippen LogP contribution in [0.4, 0.5) is 0 Å². The summed E-state index contributed by atoms with van der Waals surface area (Å²) in [6, 6.07) is 0. The van der Waals surface area contributed by atoms with E-state index in [9.17, 15) is 0 Å². The average molecular weight is 143 g/mol. The van der Waals surface area contributed by atoms with Crippen molar-refractivity contribution in [1.82, 2.24) is 0 Å². The van der Waals surface area contributed by atoms with E-state index >= 15 is 0 Å². The van der Waals surface area contributed by atoms with E-state index in [1.54, 1.807) is 12.2 Å². The van der Waals surface area contributed by atoms with Gasteiger partial charge in [-0.1, -0.05) is 18.2 Å². The minimum absolute atomic E-state index is 0.324. The Morgan fingerprint density at radius 2 is 2.22 bits per heavy atom. The molecular formula is C7H7ClO. The Morgan fingerprint density at radius 3 is 2.67 bits per heavy atom. The monoisotopic (exact) mass is 142 g/mol. The molecule has 1 aliphatic rings. The molecule has 1 nitrogen and oxygen atoms in total. The highest BCUT2D eigenvalue weighted by atomic mass is 35.5. The van der Waals surface area contributed by atoms with Crippen molar-refractivity contribution in [2.24, 2.45) is 0 Å². The smallest absolute Gasteiger partial charge is 0.0967 e. The van der Waals surface area contributed by atoms with Gasteiger partial charge in [-0.2, -0.15) is 0 Å². The molecular weight excluding hydrogens is 136 g/mol. The van der Waals surface area contributed by atoms with E-state index in [-0.39, 0.29) is 0 Å². The molecule has 0 amide bonds. The molecule has 0 aromatic carbocycles. The number of hydrogen-bond donors (Lipinski definition) is 1. The van der Waals surface area contributed by atoms with Crippen LogP contribution in [0.3, 0.4) is 0 Å². The molecule has 0 saturated heterocycles. The van der Waals surface area contributed by atoms with Crippen molar-refractivity contribution in [2.45, 2.75) is 6.42 Å². The molecule has 0 saturated carbocycles. The summed E-state index contributed by atoms with van der Waals surface area (Å²) >= 11 is 5.64. The lowest BCUT2D eigenvalue weighted by molar-refractivity contribution is 0.398. The first-order valence-corrected chi connectivity index (χ1v) is 3.01. The molecule has 9 heavy (non-hydrogen) atoms. The van der Waals surface area contributed by atoms with Crippen LogP contribution in [-0.4, -0.2) is 5.11 Å². The fourth-order valence-electron chi connectivity index (χ4n) is 0.649. The predicted molar refractivity (Wildman–Crippen MR) is 38.4 cm³/mol. The van der Waals surface area contributed by atoms with E-state index < -0.39 is 0 Å². The zero-order chi connectivity index (χ0) is 6.85. The maximum absolute atomic E-state index is 8.89. The van der Waals surface area contributed by atoms with Crippen LogP contribution in [0.2, 0.25) is 0 Å². The molecule has 2 heteroatoms. The Bertz CT molecular complexity index is 201. The Kier molecular flexibility index (Phi) is 1.63. The number of halogens is 1. The molecule has 0 heterocycles. The van der Waals surface area contributed by atoms with Gasteiger partial charge in [0.15, 0.2) is 0 Å². The number of aliphatic hydroxyl groups is 1. The lowest BCUT2D eigenvalue weighted by Crippen LogP contribution is -1.90. The molecule has 0 bridgehead atoms. The second-order valence-electron chi connectivity index (χ2n) is 1.95. The van der Waals surface area contributed by atoms with E-state index in [0.29, 0.717) is 17.2 Å². The average Bonchev–Trinajstić information content (AvgIpc) is 1.80. The van der Waals surface area contributed by atoms with Crippen LogP contribution < -0.4 is 0 Å². The van der Waals surface area contributed by atoms with E-state index in [0.717, 1.165) is 5.57 Å². The van der Waals surface area contributed by atoms with Crippen LogP contribution >= 0.6 is 11.6 Å². The third kappa shape index (κ3) is 1.36. The molecule has 1 N–H and O–H groups in total. The minimum atomic E-state index is 0.324. The van der Waals surface area contributed by atoms with Crippen LogP contribution in [0.5, 0.6) is 0 Å². The van der Waals surface area contributed by atoms with Gasteiger partial charge >= 0.3 is 0 Å². The van der Waals surface area contributed by atoms with Gasteiger partial charge in [-0.3, -0.25) is 0 Å². The summed E-state index contributed by atoms with van der Waals surface area (Å²) < 4.78 is 0. The molecule has 0 unspecified atom stereocenters. The van der Waals surface area contributed by atoms with Crippen molar-refractivity contribution in [3.63, 3.8) is 0 Å². The van der Waals surface area contributed by atoms with Crippen molar-refractivity contribution in [3.8, 4) is 0 Å². The molecule has 1 rings (SSSR count). The fourth-order valence-corrected chi connectivity index (χ4v) is 0.779. The van der Waals surface area contributed by atoms with E-state index in [1.807, 2.05) is 0 Å². The molecule has 0 aromatic heterocycles. The summed E-state index contributed by atoms with van der Waals surface area (Å²) in [6.45, 7) is 3.64. The Hall–Kier alpha value is -0.690. The number of rotatable bonds is 0. The Balaban J connectivity index is 2.86.